The van der Waals surface area contributed by atoms with E-state index in [4.69, 9.17) is 4.74 Å². The zero-order valence-electron chi connectivity index (χ0n) is 22.0. The van der Waals surface area contributed by atoms with Crippen molar-refractivity contribution in [2.75, 3.05) is 72.2 Å². The molecule has 3 saturated heterocycles. The van der Waals surface area contributed by atoms with Gasteiger partial charge in [0.05, 0.1) is 29.8 Å². The molecule has 0 aromatic carbocycles. The molecule has 5 rings (SSSR count). The van der Waals surface area contributed by atoms with Gasteiger partial charge in [-0.1, -0.05) is 31.2 Å². The number of aliphatic hydroxyl groups is 1. The number of rotatable bonds is 8. The molecule has 1 N–H and O–H groups in total. The van der Waals surface area contributed by atoms with Crippen molar-refractivity contribution in [1.82, 2.24) is 19.6 Å². The summed E-state index contributed by atoms with van der Waals surface area (Å²) in [6.45, 7) is 10.5. The highest BCUT2D eigenvalue weighted by Gasteiger charge is 2.73. The Bertz CT molecular complexity index is 968. The standard InChI is InChI=1S/C27H40N4O5S/c1-3-9-29-10-4-7-26(2)20(23(29)33)21-24(34)31(12-6-17-32)22-25(35)30(11-5-8-27(21,22)37-26)14-13-28-15-18-36-19-16-28/h4-5,7-8,20-22,32H,3,6,9-19H2,1-2H3/t20-,21+,22?,26+,27+/m1/s1. The lowest BCUT2D eigenvalue weighted by atomic mass is 9.74. The Morgan fingerprint density at radius 3 is 2.35 bits per heavy atom. The van der Waals surface area contributed by atoms with Gasteiger partial charge in [0.25, 0.3) is 0 Å². The highest BCUT2D eigenvalue weighted by molar-refractivity contribution is 8.02. The van der Waals surface area contributed by atoms with Gasteiger partial charge >= 0.3 is 0 Å². The Morgan fingerprint density at radius 1 is 0.946 bits per heavy atom. The molecule has 0 aliphatic carbocycles. The minimum Gasteiger partial charge on any atom is -0.396 e. The molecule has 0 aromatic heterocycles. The van der Waals surface area contributed by atoms with Gasteiger partial charge in [-0.15, -0.1) is 11.8 Å². The number of fused-ring (bicyclic) bond motifs is 2. The van der Waals surface area contributed by atoms with Crippen molar-refractivity contribution < 1.29 is 24.2 Å². The molecule has 0 bridgehead atoms. The second-order valence-corrected chi connectivity index (χ2v) is 12.7. The lowest BCUT2D eigenvalue weighted by Gasteiger charge is -2.37. The number of hydrogen-bond donors (Lipinski definition) is 1. The van der Waals surface area contributed by atoms with Gasteiger partial charge in [-0.05, 0) is 19.8 Å². The monoisotopic (exact) mass is 532 g/mol. The van der Waals surface area contributed by atoms with Crippen LogP contribution in [0.4, 0.5) is 0 Å². The second-order valence-electron chi connectivity index (χ2n) is 10.9. The maximum Gasteiger partial charge on any atom is 0.247 e. The van der Waals surface area contributed by atoms with Gasteiger partial charge in [0.2, 0.25) is 17.7 Å². The Morgan fingerprint density at radius 2 is 1.65 bits per heavy atom. The number of morpholine rings is 1. The third kappa shape index (κ3) is 4.53. The fourth-order valence-electron chi connectivity index (χ4n) is 6.86. The van der Waals surface area contributed by atoms with Gasteiger partial charge in [-0.2, -0.15) is 0 Å². The van der Waals surface area contributed by atoms with E-state index < -0.39 is 27.4 Å². The molecule has 0 saturated carbocycles. The quantitative estimate of drug-likeness (QED) is 0.458. The topological polar surface area (TPSA) is 93.6 Å². The largest absolute Gasteiger partial charge is 0.396 e. The van der Waals surface area contributed by atoms with Crippen molar-refractivity contribution in [2.45, 2.75) is 42.2 Å². The van der Waals surface area contributed by atoms with Gasteiger partial charge in [0.15, 0.2) is 0 Å². The third-order valence-corrected chi connectivity index (χ3v) is 10.4. The minimum absolute atomic E-state index is 0.00843. The van der Waals surface area contributed by atoms with E-state index in [0.29, 0.717) is 52.4 Å². The molecular weight excluding hydrogens is 492 g/mol. The maximum absolute atomic E-state index is 14.2. The van der Waals surface area contributed by atoms with E-state index in [1.807, 2.05) is 15.9 Å². The number of nitrogens with zero attached hydrogens (tertiary/aromatic N) is 4. The number of amides is 3. The second kappa shape index (κ2) is 10.7. The first-order valence-corrected chi connectivity index (χ1v) is 14.5. The van der Waals surface area contributed by atoms with Gasteiger partial charge < -0.3 is 24.5 Å². The van der Waals surface area contributed by atoms with Crippen LogP contribution in [0.5, 0.6) is 0 Å². The van der Waals surface area contributed by atoms with Crippen LogP contribution in [0.2, 0.25) is 0 Å². The van der Waals surface area contributed by atoms with Crippen LogP contribution in [0.25, 0.3) is 0 Å². The third-order valence-electron chi connectivity index (χ3n) is 8.56. The Hall–Kier alpha value is -1.88. The Labute approximate surface area is 223 Å². The molecular formula is C27H40N4O5S. The number of likely N-dealkylation sites (tertiary alicyclic amines) is 1. The minimum atomic E-state index is -0.814. The van der Waals surface area contributed by atoms with Gasteiger partial charge in [-0.3, -0.25) is 19.3 Å². The lowest BCUT2D eigenvalue weighted by molar-refractivity contribution is -0.145. The molecule has 1 spiro atoms. The van der Waals surface area contributed by atoms with E-state index in [2.05, 4.69) is 37.0 Å². The smallest absolute Gasteiger partial charge is 0.247 e. The fourth-order valence-corrected chi connectivity index (χ4v) is 9.02. The fraction of sp³-hybridized carbons (Fsp3) is 0.741. The van der Waals surface area contributed by atoms with Crippen LogP contribution in [0, 0.1) is 11.8 Å². The zero-order valence-corrected chi connectivity index (χ0v) is 22.8. The molecule has 5 aliphatic heterocycles. The molecule has 3 fully saturated rings. The molecule has 5 aliphatic rings. The highest BCUT2D eigenvalue weighted by atomic mass is 32.2. The van der Waals surface area contributed by atoms with Gasteiger partial charge in [0, 0.05) is 63.7 Å². The maximum atomic E-state index is 14.2. The molecule has 3 amide bonds. The molecule has 5 atom stereocenters. The van der Waals surface area contributed by atoms with Crippen LogP contribution in [0.3, 0.4) is 0 Å². The molecule has 37 heavy (non-hydrogen) atoms. The molecule has 10 heteroatoms. The number of ether oxygens (including phenoxy) is 1. The lowest BCUT2D eigenvalue weighted by Crippen LogP contribution is -2.54. The highest BCUT2D eigenvalue weighted by Crippen LogP contribution is 2.65. The van der Waals surface area contributed by atoms with Crippen LogP contribution in [-0.4, -0.2) is 130 Å². The van der Waals surface area contributed by atoms with Crippen LogP contribution < -0.4 is 0 Å². The SMILES string of the molecule is CCCN1CC=C[C@]2(C)S[C@]34C=CCN(CCN5CCOCC5)C(=O)C3N(CCCO)C(=O)[C@@H]4[C@@H]2C1=O. The first kappa shape index (κ1) is 26.7. The number of carbonyl (C=O) groups excluding carboxylic acids is 3. The van der Waals surface area contributed by atoms with Crippen LogP contribution in [-0.2, 0) is 19.1 Å². The average Bonchev–Trinajstić information content (AvgIpc) is 3.16. The van der Waals surface area contributed by atoms with Crippen molar-refractivity contribution in [1.29, 1.82) is 0 Å². The molecule has 0 aromatic rings. The predicted octanol–water partition coefficient (Wildman–Crippen LogP) is 0.595. The number of aliphatic hydroxyl groups excluding tert-OH is 1. The van der Waals surface area contributed by atoms with Crippen LogP contribution in [0.15, 0.2) is 24.3 Å². The summed E-state index contributed by atoms with van der Waals surface area (Å²) in [5, 5.41) is 9.58. The van der Waals surface area contributed by atoms with E-state index in [-0.39, 0.29) is 24.3 Å². The summed E-state index contributed by atoms with van der Waals surface area (Å²) < 4.78 is 4.07. The Kier molecular flexibility index (Phi) is 7.73. The summed E-state index contributed by atoms with van der Waals surface area (Å²) in [5.74, 6) is -1.32. The number of carbonyl (C=O) groups is 3. The van der Waals surface area contributed by atoms with Crippen molar-refractivity contribution >= 4 is 29.5 Å². The average molecular weight is 533 g/mol. The van der Waals surface area contributed by atoms with E-state index in [0.717, 1.165) is 26.1 Å². The van der Waals surface area contributed by atoms with Crippen LogP contribution >= 0.6 is 11.8 Å². The summed E-state index contributed by atoms with van der Waals surface area (Å²) >= 11 is 1.62. The van der Waals surface area contributed by atoms with Gasteiger partial charge in [-0.25, -0.2) is 0 Å². The van der Waals surface area contributed by atoms with E-state index >= 15 is 0 Å². The Balaban J connectivity index is 1.49. The summed E-state index contributed by atoms with van der Waals surface area (Å²) in [7, 11) is 0. The number of thioether (sulfide) groups is 1. The summed E-state index contributed by atoms with van der Waals surface area (Å²) in [4.78, 5) is 50.0. The van der Waals surface area contributed by atoms with Gasteiger partial charge in [0.1, 0.15) is 6.04 Å². The molecule has 9 nitrogen and oxygen atoms in total. The molecule has 204 valence electrons. The van der Waals surface area contributed by atoms with Crippen molar-refractivity contribution in [2.24, 2.45) is 11.8 Å². The molecule has 5 heterocycles. The van der Waals surface area contributed by atoms with E-state index in [9.17, 15) is 19.5 Å². The predicted molar refractivity (Wildman–Crippen MR) is 142 cm³/mol. The van der Waals surface area contributed by atoms with Crippen molar-refractivity contribution in [3.05, 3.63) is 24.3 Å². The first-order valence-electron chi connectivity index (χ1n) is 13.7. The normalized spacial score (nSPS) is 36.0. The summed E-state index contributed by atoms with van der Waals surface area (Å²) in [6.07, 6.45) is 9.51. The van der Waals surface area contributed by atoms with E-state index in [1.54, 1.807) is 16.7 Å². The molecule has 1 unspecified atom stereocenters. The van der Waals surface area contributed by atoms with Crippen molar-refractivity contribution in [3.8, 4) is 0 Å². The zero-order chi connectivity index (χ0) is 26.2. The summed E-state index contributed by atoms with van der Waals surface area (Å²) in [6, 6.07) is -0.686. The van der Waals surface area contributed by atoms with Crippen molar-refractivity contribution in [3.63, 3.8) is 0 Å². The molecule has 0 radical (unpaired) electrons. The van der Waals surface area contributed by atoms with Crippen LogP contribution in [0.1, 0.15) is 26.7 Å². The first-order chi connectivity index (χ1) is 17.9. The summed E-state index contributed by atoms with van der Waals surface area (Å²) in [5.41, 5.74) is 0. The number of hydrogen-bond acceptors (Lipinski definition) is 7. The van der Waals surface area contributed by atoms with E-state index in [1.165, 1.54) is 0 Å².